The molecule has 0 fully saturated rings. The molecule has 0 atom stereocenters. The molecule has 2 N–H and O–H groups in total. The molecule has 150 valence electrons. The molecule has 0 aromatic heterocycles. The van der Waals surface area contributed by atoms with Crippen molar-refractivity contribution < 1.29 is 50.9 Å². The van der Waals surface area contributed by atoms with E-state index < -0.39 is 46.9 Å². The van der Waals surface area contributed by atoms with E-state index in [4.69, 9.17) is 14.9 Å². The van der Waals surface area contributed by atoms with Crippen LogP contribution in [0, 0.1) is 0 Å². The van der Waals surface area contributed by atoms with Gasteiger partial charge in [0, 0.05) is 5.56 Å². The second-order valence-electron chi connectivity index (χ2n) is 5.44. The number of rotatable bonds is 7. The van der Waals surface area contributed by atoms with Gasteiger partial charge in [0.15, 0.2) is 0 Å². The zero-order valence-corrected chi connectivity index (χ0v) is 13.5. The Bertz CT molecular complexity index is 895. The number of halogens is 6. The summed E-state index contributed by atoms with van der Waals surface area (Å²) in [6, 6.07) is 5.37. The van der Waals surface area contributed by atoms with Gasteiger partial charge in [0.25, 0.3) is 0 Å². The van der Waals surface area contributed by atoms with Crippen molar-refractivity contribution in [2.75, 3.05) is 0 Å². The van der Waals surface area contributed by atoms with E-state index in [1.807, 2.05) is 0 Å². The monoisotopic (exact) mass is 408 g/mol. The first-order valence-corrected chi connectivity index (χ1v) is 7.30. The number of hydrogen-bond donors (Lipinski definition) is 2. The molecule has 0 amide bonds. The highest BCUT2D eigenvalue weighted by atomic mass is 19.3. The summed E-state index contributed by atoms with van der Waals surface area (Å²) in [6.07, 6.45) is -4.58. The summed E-state index contributed by atoms with van der Waals surface area (Å²) in [4.78, 5) is 22.1. The average molecular weight is 408 g/mol. The van der Waals surface area contributed by atoms with Crippen LogP contribution < -0.4 is 4.74 Å². The molecule has 0 heterocycles. The van der Waals surface area contributed by atoms with E-state index in [-0.39, 0.29) is 11.5 Å². The first-order chi connectivity index (χ1) is 12.9. The fourth-order valence-corrected chi connectivity index (χ4v) is 2.15. The highest BCUT2D eigenvalue weighted by Gasteiger charge is 2.63. The fourth-order valence-electron chi connectivity index (χ4n) is 2.15. The van der Waals surface area contributed by atoms with Gasteiger partial charge in [-0.2, -0.15) is 17.6 Å². The lowest BCUT2D eigenvalue weighted by molar-refractivity contribution is -0.270. The molecule has 0 radical (unpaired) electrons. The van der Waals surface area contributed by atoms with E-state index >= 15 is 0 Å². The number of hydrogen-bond acceptors (Lipinski definition) is 3. The maximum Gasteiger partial charge on any atom is 0.373 e. The van der Waals surface area contributed by atoms with Crippen LogP contribution in [0.4, 0.5) is 26.3 Å². The van der Waals surface area contributed by atoms with Gasteiger partial charge in [-0.25, -0.2) is 18.4 Å². The van der Waals surface area contributed by atoms with Crippen molar-refractivity contribution in [1.82, 2.24) is 0 Å². The second-order valence-corrected chi connectivity index (χ2v) is 5.44. The van der Waals surface area contributed by atoms with Crippen LogP contribution >= 0.6 is 0 Å². The van der Waals surface area contributed by atoms with E-state index in [0.717, 1.165) is 30.3 Å². The van der Waals surface area contributed by atoms with E-state index in [2.05, 4.69) is 0 Å². The lowest BCUT2D eigenvalue weighted by atomic mass is 10.0. The number of benzene rings is 2. The third-order valence-corrected chi connectivity index (χ3v) is 3.60. The van der Waals surface area contributed by atoms with Crippen molar-refractivity contribution in [2.45, 2.75) is 18.3 Å². The van der Waals surface area contributed by atoms with Crippen LogP contribution in [0.25, 0.3) is 0 Å². The predicted octanol–water partition coefficient (Wildman–Crippen LogP) is 4.87. The van der Waals surface area contributed by atoms with Crippen molar-refractivity contribution in [3.8, 4) is 11.5 Å². The fraction of sp³-hybridized carbons (Fsp3) is 0.176. The third-order valence-electron chi connectivity index (χ3n) is 3.60. The zero-order chi connectivity index (χ0) is 21.3. The minimum absolute atomic E-state index is 0.181. The number of carbonyl (C=O) groups is 2. The van der Waals surface area contributed by atoms with Crippen molar-refractivity contribution in [1.29, 1.82) is 0 Å². The van der Waals surface area contributed by atoms with Gasteiger partial charge in [0.05, 0.1) is 11.1 Å². The molecule has 0 bridgehead atoms. The lowest BCUT2D eigenvalue weighted by Gasteiger charge is -2.26. The summed E-state index contributed by atoms with van der Waals surface area (Å²) in [5.41, 5.74) is -2.51. The smallest absolute Gasteiger partial charge is 0.373 e. The minimum atomic E-state index is -5.58. The Morgan fingerprint density at radius 2 is 1.32 bits per heavy atom. The SMILES string of the molecule is O=C(O)c1ccc(Oc2ccc(C(F)(F)C(F)(F)C(F)F)cc2)cc1C(=O)O. The standard InChI is InChI=1S/C17H10F6O5/c18-15(19)17(22,23)16(20,21)8-1-3-9(4-2-8)28-10-5-6-11(13(24)25)12(7-10)14(26)27/h1-7,15H,(H,24,25)(H,26,27). The molecule has 28 heavy (non-hydrogen) atoms. The van der Waals surface area contributed by atoms with E-state index in [1.54, 1.807) is 0 Å². The highest BCUT2D eigenvalue weighted by molar-refractivity contribution is 6.02. The molecule has 11 heteroatoms. The number of ether oxygens (including phenoxy) is 1. The van der Waals surface area contributed by atoms with E-state index in [0.29, 0.717) is 12.1 Å². The van der Waals surface area contributed by atoms with Crippen LogP contribution in [0.1, 0.15) is 26.3 Å². The first-order valence-electron chi connectivity index (χ1n) is 7.30. The van der Waals surface area contributed by atoms with Gasteiger partial charge in [0.1, 0.15) is 11.5 Å². The van der Waals surface area contributed by atoms with Crippen LogP contribution in [0.5, 0.6) is 11.5 Å². The van der Waals surface area contributed by atoms with Gasteiger partial charge < -0.3 is 14.9 Å². The van der Waals surface area contributed by atoms with Crippen molar-refractivity contribution in [3.63, 3.8) is 0 Å². The molecule has 0 spiro atoms. The first kappa shape index (κ1) is 21.1. The maximum atomic E-state index is 13.6. The van der Waals surface area contributed by atoms with Crippen LogP contribution in [0.2, 0.25) is 0 Å². The maximum absolute atomic E-state index is 13.6. The number of alkyl halides is 6. The summed E-state index contributed by atoms with van der Waals surface area (Å²) in [5.74, 6) is -14.2. The minimum Gasteiger partial charge on any atom is -0.478 e. The van der Waals surface area contributed by atoms with Crippen molar-refractivity contribution in [3.05, 3.63) is 59.2 Å². The molecule has 0 aliphatic rings. The molecule has 5 nitrogen and oxygen atoms in total. The van der Waals surface area contributed by atoms with Crippen LogP contribution in [0.15, 0.2) is 42.5 Å². The molecule has 2 aromatic carbocycles. The van der Waals surface area contributed by atoms with Crippen molar-refractivity contribution in [2.24, 2.45) is 0 Å². The molecule has 0 saturated carbocycles. The number of carboxylic acid groups (broad SMARTS) is 2. The molecule has 2 rings (SSSR count). The van der Waals surface area contributed by atoms with E-state index in [9.17, 15) is 35.9 Å². The van der Waals surface area contributed by atoms with Crippen LogP contribution in [0.3, 0.4) is 0 Å². The normalized spacial score (nSPS) is 12.1. The summed E-state index contributed by atoms with van der Waals surface area (Å²) < 4.78 is 82.9. The van der Waals surface area contributed by atoms with Gasteiger partial charge >= 0.3 is 30.2 Å². The van der Waals surface area contributed by atoms with Gasteiger partial charge in [0.2, 0.25) is 0 Å². The second kappa shape index (κ2) is 7.41. The molecular formula is C17H10F6O5. The summed E-state index contributed by atoms with van der Waals surface area (Å²) in [6.45, 7) is 0. The third kappa shape index (κ3) is 3.87. The highest BCUT2D eigenvalue weighted by Crippen LogP contribution is 2.46. The molecule has 0 unspecified atom stereocenters. The molecular weight excluding hydrogens is 398 g/mol. The molecule has 0 aliphatic carbocycles. The Morgan fingerprint density at radius 3 is 1.79 bits per heavy atom. The van der Waals surface area contributed by atoms with Crippen LogP contribution in [-0.2, 0) is 5.92 Å². The van der Waals surface area contributed by atoms with E-state index in [1.165, 1.54) is 0 Å². The predicted molar refractivity (Wildman–Crippen MR) is 81.7 cm³/mol. The molecule has 2 aromatic rings. The lowest BCUT2D eigenvalue weighted by Crippen LogP contribution is -2.44. The Hall–Kier alpha value is -3.24. The van der Waals surface area contributed by atoms with Gasteiger partial charge in [-0.15, -0.1) is 0 Å². The Labute approximate surface area is 152 Å². The van der Waals surface area contributed by atoms with Gasteiger partial charge in [-0.1, -0.05) is 0 Å². The Kier molecular flexibility index (Phi) is 5.57. The summed E-state index contributed by atoms with van der Waals surface area (Å²) in [7, 11) is 0. The largest absolute Gasteiger partial charge is 0.478 e. The average Bonchev–Trinajstić information content (AvgIpc) is 2.61. The topological polar surface area (TPSA) is 83.8 Å². The molecule has 0 aliphatic heterocycles. The van der Waals surface area contributed by atoms with Gasteiger partial charge in [-0.3, -0.25) is 0 Å². The van der Waals surface area contributed by atoms with Crippen molar-refractivity contribution >= 4 is 11.9 Å². The number of carboxylic acids is 2. The summed E-state index contributed by atoms with van der Waals surface area (Å²) in [5, 5.41) is 17.9. The summed E-state index contributed by atoms with van der Waals surface area (Å²) >= 11 is 0. The molecule has 0 saturated heterocycles. The van der Waals surface area contributed by atoms with Crippen LogP contribution in [-0.4, -0.2) is 34.5 Å². The zero-order valence-electron chi connectivity index (χ0n) is 13.5. The quantitative estimate of drug-likeness (QED) is 0.639. The Balaban J connectivity index is 2.29. The number of aromatic carboxylic acids is 2. The van der Waals surface area contributed by atoms with Gasteiger partial charge in [-0.05, 0) is 42.5 Å². The Morgan fingerprint density at radius 1 is 0.821 bits per heavy atom.